The number of hydrogen-bond acceptors (Lipinski definition) is 0. The van der Waals surface area contributed by atoms with Crippen molar-refractivity contribution in [3.05, 3.63) is 35.9 Å². The molecule has 1 atom stereocenters. The lowest BCUT2D eigenvalue weighted by Gasteiger charge is -2.23. The van der Waals surface area contributed by atoms with E-state index in [1.54, 1.807) is 0 Å². The van der Waals surface area contributed by atoms with Gasteiger partial charge in [0, 0.05) is 4.32 Å². The first kappa shape index (κ1) is 24.7. The summed E-state index contributed by atoms with van der Waals surface area (Å²) < 4.78 is 0.143. The quantitative estimate of drug-likeness (QED) is 0.158. The third kappa shape index (κ3) is 13.5. The van der Waals surface area contributed by atoms with Crippen molar-refractivity contribution in [2.24, 2.45) is 0 Å². The zero-order chi connectivity index (χ0) is 19.6. The molecule has 0 amide bonds. The second kappa shape index (κ2) is 16.6. The largest absolute Gasteiger partial charge is 0.0804 e. The second-order valence-electron chi connectivity index (χ2n) is 8.62. The van der Waals surface area contributed by atoms with Gasteiger partial charge in [0.15, 0.2) is 0 Å². The second-order valence-corrected chi connectivity index (χ2v) is 10.4. The number of unbranched alkanes of at least 4 members (excludes halogenated alkanes) is 15. The van der Waals surface area contributed by atoms with Crippen molar-refractivity contribution >= 4 is 15.9 Å². The van der Waals surface area contributed by atoms with Crippen LogP contribution in [0.1, 0.15) is 129 Å². The molecule has 0 radical (unpaired) electrons. The van der Waals surface area contributed by atoms with E-state index in [2.05, 4.69) is 60.1 Å². The highest BCUT2D eigenvalue weighted by Gasteiger charge is 2.21. The van der Waals surface area contributed by atoms with Crippen LogP contribution in [-0.2, 0) is 4.32 Å². The Morgan fingerprint density at radius 3 is 1.37 bits per heavy atom. The Morgan fingerprint density at radius 1 is 0.593 bits per heavy atom. The number of halogens is 1. The number of hydrogen-bond donors (Lipinski definition) is 0. The van der Waals surface area contributed by atoms with E-state index in [9.17, 15) is 0 Å². The number of alkyl halides is 1. The molecule has 0 fully saturated rings. The molecule has 0 aromatic heterocycles. The van der Waals surface area contributed by atoms with Gasteiger partial charge in [-0.15, -0.1) is 0 Å². The minimum atomic E-state index is 0.143. The van der Waals surface area contributed by atoms with Crippen molar-refractivity contribution < 1.29 is 0 Å². The molecule has 0 N–H and O–H groups in total. The van der Waals surface area contributed by atoms with Gasteiger partial charge in [-0.1, -0.05) is 156 Å². The molecule has 0 saturated carbocycles. The molecular weight excluding hydrogens is 392 g/mol. The smallest absolute Gasteiger partial charge is 0.0477 e. The fourth-order valence-electron chi connectivity index (χ4n) is 3.94. The summed E-state index contributed by atoms with van der Waals surface area (Å²) in [5.41, 5.74) is 1.41. The Bertz CT molecular complexity index is 423. The van der Waals surface area contributed by atoms with Crippen LogP contribution in [0, 0.1) is 0 Å². The highest BCUT2D eigenvalue weighted by molar-refractivity contribution is 9.09. The van der Waals surface area contributed by atoms with Crippen LogP contribution in [0.15, 0.2) is 30.3 Å². The van der Waals surface area contributed by atoms with Gasteiger partial charge in [0.25, 0.3) is 0 Å². The van der Waals surface area contributed by atoms with Crippen molar-refractivity contribution in [2.45, 2.75) is 127 Å². The van der Waals surface area contributed by atoms with E-state index in [-0.39, 0.29) is 4.32 Å². The minimum absolute atomic E-state index is 0.143. The fraction of sp³-hybridized carbons (Fsp3) is 0.769. The van der Waals surface area contributed by atoms with Gasteiger partial charge in [-0.25, -0.2) is 0 Å². The molecule has 1 heteroatoms. The maximum Gasteiger partial charge on any atom is 0.0477 e. The van der Waals surface area contributed by atoms with Gasteiger partial charge in [0.05, 0.1) is 0 Å². The molecular formula is C26H45Br. The minimum Gasteiger partial charge on any atom is -0.0804 e. The Kier molecular flexibility index (Phi) is 15.2. The van der Waals surface area contributed by atoms with Crippen LogP contribution in [0.4, 0.5) is 0 Å². The van der Waals surface area contributed by atoms with Gasteiger partial charge >= 0.3 is 0 Å². The van der Waals surface area contributed by atoms with Crippen LogP contribution >= 0.6 is 15.9 Å². The van der Waals surface area contributed by atoms with Crippen molar-refractivity contribution in [1.82, 2.24) is 0 Å². The number of benzene rings is 1. The monoisotopic (exact) mass is 436 g/mol. The lowest BCUT2D eigenvalue weighted by atomic mass is 9.94. The first-order valence-corrected chi connectivity index (χ1v) is 12.7. The van der Waals surface area contributed by atoms with E-state index in [0.717, 1.165) is 0 Å². The average Bonchev–Trinajstić information content (AvgIpc) is 2.68. The lowest BCUT2D eigenvalue weighted by Crippen LogP contribution is -2.12. The molecule has 27 heavy (non-hydrogen) atoms. The summed E-state index contributed by atoms with van der Waals surface area (Å²) in [6, 6.07) is 10.9. The Morgan fingerprint density at radius 2 is 0.963 bits per heavy atom. The highest BCUT2D eigenvalue weighted by Crippen LogP contribution is 2.36. The lowest BCUT2D eigenvalue weighted by molar-refractivity contribution is 0.515. The summed E-state index contributed by atoms with van der Waals surface area (Å²) in [7, 11) is 0. The first-order valence-electron chi connectivity index (χ1n) is 11.9. The van der Waals surface area contributed by atoms with E-state index in [4.69, 9.17) is 0 Å². The van der Waals surface area contributed by atoms with Crippen LogP contribution in [0.5, 0.6) is 0 Å². The van der Waals surface area contributed by atoms with Crippen LogP contribution in [0.3, 0.4) is 0 Å². The number of rotatable bonds is 18. The molecule has 1 aromatic carbocycles. The summed E-state index contributed by atoms with van der Waals surface area (Å²) in [6.45, 7) is 4.61. The molecule has 1 rings (SSSR count). The summed E-state index contributed by atoms with van der Waals surface area (Å²) in [5, 5.41) is 0. The van der Waals surface area contributed by atoms with E-state index < -0.39 is 0 Å². The predicted octanol–water partition coefficient (Wildman–Crippen LogP) is 9.95. The van der Waals surface area contributed by atoms with Crippen molar-refractivity contribution in [3.63, 3.8) is 0 Å². The Hall–Kier alpha value is -0.300. The van der Waals surface area contributed by atoms with Gasteiger partial charge in [0.2, 0.25) is 0 Å². The van der Waals surface area contributed by atoms with E-state index in [1.165, 1.54) is 115 Å². The van der Waals surface area contributed by atoms with E-state index in [1.807, 2.05) is 0 Å². The summed E-state index contributed by atoms with van der Waals surface area (Å²) in [4.78, 5) is 0. The summed E-state index contributed by atoms with van der Waals surface area (Å²) in [5.74, 6) is 0. The fourth-order valence-corrected chi connectivity index (χ4v) is 4.48. The standard InChI is InChI=1S/C26H45Br/c1-3-4-5-6-7-8-9-10-11-12-13-14-15-16-17-21-24-26(2,27)25-22-19-18-20-23-25/h18-20,22-23H,3-17,21,24H2,1-2H3. The van der Waals surface area contributed by atoms with Gasteiger partial charge < -0.3 is 0 Å². The molecule has 0 aliphatic carbocycles. The molecule has 1 unspecified atom stereocenters. The van der Waals surface area contributed by atoms with Gasteiger partial charge in [-0.3, -0.25) is 0 Å². The average molecular weight is 438 g/mol. The van der Waals surface area contributed by atoms with E-state index in [0.29, 0.717) is 0 Å². The zero-order valence-corrected chi connectivity index (χ0v) is 19.9. The molecule has 1 aromatic rings. The normalized spacial score (nSPS) is 13.6. The molecule has 0 bridgehead atoms. The van der Waals surface area contributed by atoms with Gasteiger partial charge in [-0.05, 0) is 18.9 Å². The van der Waals surface area contributed by atoms with Crippen LogP contribution in [0.25, 0.3) is 0 Å². The third-order valence-corrected chi connectivity index (χ3v) is 6.73. The Balaban J connectivity index is 1.83. The molecule has 0 aliphatic rings. The van der Waals surface area contributed by atoms with Crippen LogP contribution in [-0.4, -0.2) is 0 Å². The van der Waals surface area contributed by atoms with Gasteiger partial charge in [0.1, 0.15) is 0 Å². The summed E-state index contributed by atoms with van der Waals surface area (Å²) in [6.07, 6.45) is 24.2. The van der Waals surface area contributed by atoms with Crippen LogP contribution in [0.2, 0.25) is 0 Å². The maximum absolute atomic E-state index is 3.93. The molecule has 0 nitrogen and oxygen atoms in total. The third-order valence-electron chi connectivity index (χ3n) is 5.88. The first-order chi connectivity index (χ1) is 13.2. The molecule has 156 valence electrons. The Labute approximate surface area is 179 Å². The molecule has 0 aliphatic heterocycles. The van der Waals surface area contributed by atoms with Crippen molar-refractivity contribution in [1.29, 1.82) is 0 Å². The zero-order valence-electron chi connectivity index (χ0n) is 18.3. The summed E-state index contributed by atoms with van der Waals surface area (Å²) >= 11 is 3.93. The predicted molar refractivity (Wildman–Crippen MR) is 127 cm³/mol. The van der Waals surface area contributed by atoms with Gasteiger partial charge in [-0.2, -0.15) is 0 Å². The highest BCUT2D eigenvalue weighted by atomic mass is 79.9. The molecule has 0 spiro atoms. The van der Waals surface area contributed by atoms with E-state index >= 15 is 0 Å². The molecule has 0 saturated heterocycles. The van der Waals surface area contributed by atoms with Crippen LogP contribution < -0.4 is 0 Å². The topological polar surface area (TPSA) is 0 Å². The maximum atomic E-state index is 3.93. The van der Waals surface area contributed by atoms with Crippen molar-refractivity contribution in [2.75, 3.05) is 0 Å². The molecule has 0 heterocycles. The van der Waals surface area contributed by atoms with Crippen molar-refractivity contribution in [3.8, 4) is 0 Å². The SMILES string of the molecule is CCCCCCCCCCCCCCCCCCC(C)(Br)c1ccccc1.